The molecule has 2 aromatic heterocycles. The number of hydrogen-bond acceptors (Lipinski definition) is 4. The molecule has 5 heteroatoms. The summed E-state index contributed by atoms with van der Waals surface area (Å²) in [6.45, 7) is 7.95. The van der Waals surface area contributed by atoms with Gasteiger partial charge in [0.2, 0.25) is 0 Å². The van der Waals surface area contributed by atoms with Gasteiger partial charge in [-0.05, 0) is 50.3 Å². The van der Waals surface area contributed by atoms with E-state index >= 15 is 0 Å². The molecule has 1 aromatic carbocycles. The van der Waals surface area contributed by atoms with E-state index < -0.39 is 5.54 Å². The van der Waals surface area contributed by atoms with Crippen molar-refractivity contribution in [1.82, 2.24) is 9.97 Å². The molecule has 0 fully saturated rings. The predicted octanol–water partition coefficient (Wildman–Crippen LogP) is 3.53. The van der Waals surface area contributed by atoms with Crippen LogP contribution in [-0.2, 0) is 18.4 Å². The maximum Gasteiger partial charge on any atom is 0.251 e. The summed E-state index contributed by atoms with van der Waals surface area (Å²) in [6.07, 6.45) is 3.10. The first-order valence-corrected chi connectivity index (χ1v) is 9.21. The maximum atomic E-state index is 12.2. The molecular weight excluding hydrogens is 338 g/mol. The van der Waals surface area contributed by atoms with Crippen LogP contribution in [0.4, 0.5) is 0 Å². The second kappa shape index (κ2) is 7.16. The van der Waals surface area contributed by atoms with Crippen molar-refractivity contribution in [1.29, 1.82) is 0 Å². The van der Waals surface area contributed by atoms with Gasteiger partial charge >= 0.3 is 0 Å². The van der Waals surface area contributed by atoms with Gasteiger partial charge in [-0.3, -0.25) is 9.78 Å². The van der Waals surface area contributed by atoms with Crippen LogP contribution < -0.4 is 16.0 Å². The smallest absolute Gasteiger partial charge is 0.251 e. The Hall–Kier alpha value is -2.66. The number of nitrogens with two attached hydrogens (primary N) is 1. The van der Waals surface area contributed by atoms with E-state index in [0.29, 0.717) is 12.8 Å². The normalized spacial score (nSPS) is 13.6. The summed E-state index contributed by atoms with van der Waals surface area (Å²) in [5, 5.41) is 1.01. The van der Waals surface area contributed by atoms with Crippen molar-refractivity contribution in [3.05, 3.63) is 68.8 Å². The minimum Gasteiger partial charge on any atom is -0.496 e. The number of benzene rings is 1. The van der Waals surface area contributed by atoms with Gasteiger partial charge in [0.15, 0.2) is 0 Å². The molecule has 2 heterocycles. The molecule has 5 nitrogen and oxygen atoms in total. The number of aromatic amines is 1. The molecule has 1 atom stereocenters. The van der Waals surface area contributed by atoms with Gasteiger partial charge in [-0.15, -0.1) is 0 Å². The third kappa shape index (κ3) is 3.60. The lowest BCUT2D eigenvalue weighted by Gasteiger charge is -2.26. The number of pyridine rings is 2. The van der Waals surface area contributed by atoms with Gasteiger partial charge in [0.1, 0.15) is 5.75 Å². The van der Waals surface area contributed by atoms with Crippen molar-refractivity contribution in [3.8, 4) is 5.75 Å². The number of aryl methyl sites for hydroxylation is 2. The Bertz CT molecular complexity index is 1050. The lowest BCUT2D eigenvalue weighted by Crippen LogP contribution is -2.36. The van der Waals surface area contributed by atoms with Crippen molar-refractivity contribution >= 4 is 10.9 Å². The highest BCUT2D eigenvalue weighted by molar-refractivity contribution is 5.80. The summed E-state index contributed by atoms with van der Waals surface area (Å²) in [4.78, 5) is 19.7. The zero-order valence-electron chi connectivity index (χ0n) is 16.6. The molecule has 0 amide bonds. The van der Waals surface area contributed by atoms with Gasteiger partial charge in [0.05, 0.1) is 7.11 Å². The fraction of sp³-hybridized carbons (Fsp3) is 0.364. The topological polar surface area (TPSA) is 81.0 Å². The van der Waals surface area contributed by atoms with Crippen LogP contribution in [0.3, 0.4) is 0 Å². The van der Waals surface area contributed by atoms with Crippen LogP contribution in [0.25, 0.3) is 10.9 Å². The van der Waals surface area contributed by atoms with Crippen LogP contribution in [0, 0.1) is 13.8 Å². The summed E-state index contributed by atoms with van der Waals surface area (Å²) < 4.78 is 5.51. The monoisotopic (exact) mass is 365 g/mol. The number of fused-ring (bicyclic) bond motifs is 1. The van der Waals surface area contributed by atoms with Crippen LogP contribution >= 0.6 is 0 Å². The minimum absolute atomic E-state index is 0.0401. The summed E-state index contributed by atoms with van der Waals surface area (Å²) >= 11 is 0. The van der Waals surface area contributed by atoms with E-state index in [4.69, 9.17) is 10.5 Å². The number of nitrogens with zero attached hydrogens (tertiary/aromatic N) is 1. The van der Waals surface area contributed by atoms with Crippen LogP contribution in [0.15, 0.2) is 35.3 Å². The molecule has 0 aliphatic carbocycles. The molecule has 0 saturated carbocycles. The third-order valence-corrected chi connectivity index (χ3v) is 5.25. The lowest BCUT2D eigenvalue weighted by molar-refractivity contribution is 0.404. The molecule has 0 saturated heterocycles. The SMILES string of the molecule is CCc1cc2ccc(C(C)(N)Cc3ncc(C)c(OC)c3C)cc2[nH]c1=O. The number of nitrogens with one attached hydrogen (secondary N) is 1. The average molecular weight is 365 g/mol. The number of methoxy groups -OCH3 is 1. The molecule has 3 N–H and O–H groups in total. The highest BCUT2D eigenvalue weighted by atomic mass is 16.5. The predicted molar refractivity (Wildman–Crippen MR) is 109 cm³/mol. The summed E-state index contributed by atoms with van der Waals surface area (Å²) in [6, 6.07) is 7.96. The maximum absolute atomic E-state index is 12.2. The number of aromatic nitrogens is 2. The molecule has 0 aliphatic rings. The second-order valence-corrected chi connectivity index (χ2v) is 7.42. The average Bonchev–Trinajstić information content (AvgIpc) is 2.63. The first-order valence-electron chi connectivity index (χ1n) is 9.21. The van der Waals surface area contributed by atoms with E-state index in [1.807, 2.05) is 58.2 Å². The van der Waals surface area contributed by atoms with E-state index in [2.05, 4.69) is 9.97 Å². The molecule has 142 valence electrons. The van der Waals surface area contributed by atoms with Crippen LogP contribution in [0.1, 0.15) is 41.8 Å². The van der Waals surface area contributed by atoms with Crippen LogP contribution in [0.2, 0.25) is 0 Å². The first kappa shape index (κ1) is 19.1. The number of rotatable bonds is 5. The van der Waals surface area contributed by atoms with Crippen molar-refractivity contribution < 1.29 is 4.74 Å². The first-order chi connectivity index (χ1) is 12.8. The van der Waals surface area contributed by atoms with Crippen molar-refractivity contribution in [3.63, 3.8) is 0 Å². The number of ether oxygens (including phenoxy) is 1. The molecule has 3 rings (SSSR count). The molecule has 1 unspecified atom stereocenters. The van der Waals surface area contributed by atoms with Gasteiger partial charge < -0.3 is 15.5 Å². The highest BCUT2D eigenvalue weighted by Crippen LogP contribution is 2.30. The van der Waals surface area contributed by atoms with E-state index in [1.54, 1.807) is 7.11 Å². The standard InChI is InChI=1S/C22H27N3O2/c1-6-15-9-16-7-8-17(10-18(16)25-21(15)26)22(4,23)11-19-14(3)20(27-5)13(2)12-24-19/h7-10,12H,6,11,23H2,1-5H3,(H,25,26). The minimum atomic E-state index is -0.632. The number of H-pyrrole nitrogens is 1. The fourth-order valence-corrected chi connectivity index (χ4v) is 3.56. The Morgan fingerprint density at radius 3 is 2.67 bits per heavy atom. The zero-order chi connectivity index (χ0) is 19.8. The fourth-order valence-electron chi connectivity index (χ4n) is 3.56. The van der Waals surface area contributed by atoms with Crippen LogP contribution in [0.5, 0.6) is 5.75 Å². The van der Waals surface area contributed by atoms with Gasteiger partial charge in [-0.2, -0.15) is 0 Å². The van der Waals surface area contributed by atoms with E-state index in [-0.39, 0.29) is 5.56 Å². The zero-order valence-corrected chi connectivity index (χ0v) is 16.6. The molecular formula is C22H27N3O2. The Kier molecular flexibility index (Phi) is 5.07. The Balaban J connectivity index is 2.01. The summed E-state index contributed by atoms with van der Waals surface area (Å²) in [7, 11) is 1.67. The van der Waals surface area contributed by atoms with E-state index in [9.17, 15) is 4.79 Å². The van der Waals surface area contributed by atoms with Gasteiger partial charge in [-0.1, -0.05) is 19.1 Å². The van der Waals surface area contributed by atoms with Gasteiger partial charge in [-0.25, -0.2) is 0 Å². The summed E-state index contributed by atoms with van der Waals surface area (Å²) in [5.41, 5.74) is 11.5. The molecule has 0 spiro atoms. The summed E-state index contributed by atoms with van der Waals surface area (Å²) in [5.74, 6) is 0.853. The molecule has 27 heavy (non-hydrogen) atoms. The van der Waals surface area contributed by atoms with Crippen molar-refractivity contribution in [2.24, 2.45) is 5.73 Å². The van der Waals surface area contributed by atoms with Gasteiger partial charge in [0, 0.05) is 46.1 Å². The van der Waals surface area contributed by atoms with Crippen molar-refractivity contribution in [2.75, 3.05) is 7.11 Å². The molecule has 0 aliphatic heterocycles. The van der Waals surface area contributed by atoms with Crippen molar-refractivity contribution in [2.45, 2.75) is 46.1 Å². The van der Waals surface area contributed by atoms with Gasteiger partial charge in [0.25, 0.3) is 5.56 Å². The highest BCUT2D eigenvalue weighted by Gasteiger charge is 2.25. The van der Waals surface area contributed by atoms with E-state index in [1.165, 1.54) is 0 Å². The van der Waals surface area contributed by atoms with Crippen LogP contribution in [-0.4, -0.2) is 17.1 Å². The Morgan fingerprint density at radius 1 is 1.26 bits per heavy atom. The second-order valence-electron chi connectivity index (χ2n) is 7.42. The number of hydrogen-bond donors (Lipinski definition) is 2. The molecule has 3 aromatic rings. The molecule has 0 radical (unpaired) electrons. The largest absolute Gasteiger partial charge is 0.496 e. The Morgan fingerprint density at radius 2 is 2.00 bits per heavy atom. The third-order valence-electron chi connectivity index (χ3n) is 5.25. The Labute approximate surface area is 159 Å². The van der Waals surface area contributed by atoms with E-state index in [0.717, 1.165) is 44.6 Å². The quantitative estimate of drug-likeness (QED) is 0.725. The lowest BCUT2D eigenvalue weighted by atomic mass is 9.86. The molecule has 0 bridgehead atoms.